The monoisotopic (exact) mass is 245 g/mol. The van der Waals surface area contributed by atoms with Crippen molar-refractivity contribution in [3.8, 4) is 0 Å². The van der Waals surface area contributed by atoms with E-state index in [1.165, 1.54) is 30.5 Å². The first-order chi connectivity index (χ1) is 8.74. The number of rotatable bonds is 2. The third-order valence-corrected chi connectivity index (χ3v) is 4.36. The lowest BCUT2D eigenvalue weighted by atomic mass is 9.92. The summed E-state index contributed by atoms with van der Waals surface area (Å²) in [5.74, 6) is 0.636. The molecule has 1 fully saturated rings. The van der Waals surface area contributed by atoms with Crippen LogP contribution in [0.25, 0.3) is 0 Å². The SMILES string of the molecule is CC(C)c1ccc2c(c1)CCN(C1CCOC1)C2. The Balaban J connectivity index is 1.76. The van der Waals surface area contributed by atoms with Crippen LogP contribution in [0.2, 0.25) is 0 Å². The Labute approximate surface area is 110 Å². The molecular formula is C16H23NO. The van der Waals surface area contributed by atoms with Gasteiger partial charge in [0.05, 0.1) is 6.61 Å². The first-order valence-electron chi connectivity index (χ1n) is 7.17. The topological polar surface area (TPSA) is 12.5 Å². The van der Waals surface area contributed by atoms with E-state index in [1.54, 1.807) is 5.56 Å². The molecule has 2 aliphatic rings. The summed E-state index contributed by atoms with van der Waals surface area (Å²) in [7, 11) is 0. The molecule has 0 bridgehead atoms. The highest BCUT2D eigenvalue weighted by Crippen LogP contribution is 2.26. The molecule has 1 aromatic rings. The van der Waals surface area contributed by atoms with Crippen molar-refractivity contribution in [3.63, 3.8) is 0 Å². The van der Waals surface area contributed by atoms with Gasteiger partial charge < -0.3 is 4.74 Å². The zero-order chi connectivity index (χ0) is 12.5. The maximum Gasteiger partial charge on any atom is 0.0622 e. The smallest absolute Gasteiger partial charge is 0.0622 e. The van der Waals surface area contributed by atoms with E-state index in [-0.39, 0.29) is 0 Å². The molecule has 0 aromatic heterocycles. The highest BCUT2D eigenvalue weighted by molar-refractivity contribution is 5.35. The molecular weight excluding hydrogens is 222 g/mol. The molecule has 2 heteroatoms. The summed E-state index contributed by atoms with van der Waals surface area (Å²) in [6.45, 7) is 8.73. The highest BCUT2D eigenvalue weighted by Gasteiger charge is 2.26. The van der Waals surface area contributed by atoms with Crippen molar-refractivity contribution < 1.29 is 4.74 Å². The second kappa shape index (κ2) is 5.02. The molecule has 0 N–H and O–H groups in total. The van der Waals surface area contributed by atoms with Crippen molar-refractivity contribution in [1.29, 1.82) is 0 Å². The van der Waals surface area contributed by atoms with Gasteiger partial charge in [-0.25, -0.2) is 0 Å². The van der Waals surface area contributed by atoms with E-state index in [0.29, 0.717) is 12.0 Å². The van der Waals surface area contributed by atoms with Crippen molar-refractivity contribution in [2.45, 2.75) is 45.2 Å². The highest BCUT2D eigenvalue weighted by atomic mass is 16.5. The van der Waals surface area contributed by atoms with Crippen LogP contribution in [0.4, 0.5) is 0 Å². The van der Waals surface area contributed by atoms with Gasteiger partial charge in [-0.05, 0) is 35.4 Å². The number of hydrogen-bond acceptors (Lipinski definition) is 2. The molecule has 98 valence electrons. The number of benzene rings is 1. The molecule has 1 unspecified atom stereocenters. The van der Waals surface area contributed by atoms with E-state index in [0.717, 1.165) is 19.8 Å². The number of hydrogen-bond donors (Lipinski definition) is 0. The lowest BCUT2D eigenvalue weighted by Crippen LogP contribution is -2.39. The summed E-state index contributed by atoms with van der Waals surface area (Å²) < 4.78 is 5.51. The molecule has 0 saturated carbocycles. The summed E-state index contributed by atoms with van der Waals surface area (Å²) in [6.07, 6.45) is 2.41. The van der Waals surface area contributed by atoms with Gasteiger partial charge in [-0.1, -0.05) is 32.0 Å². The second-order valence-electron chi connectivity index (χ2n) is 5.92. The number of ether oxygens (including phenoxy) is 1. The zero-order valence-corrected chi connectivity index (χ0v) is 11.5. The Hall–Kier alpha value is -0.860. The lowest BCUT2D eigenvalue weighted by molar-refractivity contribution is 0.135. The van der Waals surface area contributed by atoms with Gasteiger partial charge in [0.1, 0.15) is 0 Å². The normalized spacial score (nSPS) is 24.5. The Bertz CT molecular complexity index is 421. The third kappa shape index (κ3) is 2.32. The van der Waals surface area contributed by atoms with Gasteiger partial charge >= 0.3 is 0 Å². The Morgan fingerprint density at radius 2 is 2.17 bits per heavy atom. The van der Waals surface area contributed by atoms with E-state index in [1.807, 2.05) is 0 Å². The van der Waals surface area contributed by atoms with Crippen molar-refractivity contribution in [3.05, 3.63) is 34.9 Å². The van der Waals surface area contributed by atoms with E-state index < -0.39 is 0 Å². The van der Waals surface area contributed by atoms with Crippen molar-refractivity contribution >= 4 is 0 Å². The van der Waals surface area contributed by atoms with Crippen LogP contribution >= 0.6 is 0 Å². The van der Waals surface area contributed by atoms with Gasteiger partial charge in [-0.3, -0.25) is 4.90 Å². The molecule has 1 atom stereocenters. The molecule has 3 rings (SSSR count). The van der Waals surface area contributed by atoms with Crippen LogP contribution < -0.4 is 0 Å². The van der Waals surface area contributed by atoms with Gasteiger partial charge in [-0.15, -0.1) is 0 Å². The zero-order valence-electron chi connectivity index (χ0n) is 11.5. The first kappa shape index (κ1) is 12.2. The van der Waals surface area contributed by atoms with Crippen LogP contribution in [-0.2, 0) is 17.7 Å². The van der Waals surface area contributed by atoms with Crippen molar-refractivity contribution in [2.75, 3.05) is 19.8 Å². The van der Waals surface area contributed by atoms with Crippen LogP contribution in [0.5, 0.6) is 0 Å². The first-order valence-corrected chi connectivity index (χ1v) is 7.17. The Kier molecular flexibility index (Phi) is 3.40. The average molecular weight is 245 g/mol. The summed E-state index contributed by atoms with van der Waals surface area (Å²) in [4.78, 5) is 2.60. The van der Waals surface area contributed by atoms with Gasteiger partial charge in [0.2, 0.25) is 0 Å². The standard InChI is InChI=1S/C16H23NO/c1-12(2)13-3-4-15-10-17(7-5-14(15)9-13)16-6-8-18-11-16/h3-4,9,12,16H,5-8,10-11H2,1-2H3. The summed E-state index contributed by atoms with van der Waals surface area (Å²) >= 11 is 0. The average Bonchev–Trinajstić information content (AvgIpc) is 2.91. The minimum absolute atomic E-state index is 0.636. The largest absolute Gasteiger partial charge is 0.380 e. The molecule has 0 radical (unpaired) electrons. The molecule has 2 aliphatic heterocycles. The van der Waals surface area contributed by atoms with Gasteiger partial charge in [-0.2, -0.15) is 0 Å². The van der Waals surface area contributed by atoms with Crippen LogP contribution in [0.3, 0.4) is 0 Å². The maximum absolute atomic E-state index is 5.51. The molecule has 1 saturated heterocycles. The van der Waals surface area contributed by atoms with E-state index >= 15 is 0 Å². The molecule has 0 amide bonds. The molecule has 2 nitrogen and oxygen atoms in total. The third-order valence-electron chi connectivity index (χ3n) is 4.36. The lowest BCUT2D eigenvalue weighted by Gasteiger charge is -2.33. The Morgan fingerprint density at radius 3 is 2.89 bits per heavy atom. The number of nitrogens with zero attached hydrogens (tertiary/aromatic N) is 1. The fourth-order valence-electron chi connectivity index (χ4n) is 3.08. The van der Waals surface area contributed by atoms with Gasteiger partial charge in [0.25, 0.3) is 0 Å². The molecule has 0 spiro atoms. The quantitative estimate of drug-likeness (QED) is 0.794. The van der Waals surface area contributed by atoms with E-state index in [9.17, 15) is 0 Å². The fourth-order valence-corrected chi connectivity index (χ4v) is 3.08. The van der Waals surface area contributed by atoms with Crippen molar-refractivity contribution in [1.82, 2.24) is 4.90 Å². The maximum atomic E-state index is 5.51. The fraction of sp³-hybridized carbons (Fsp3) is 0.625. The van der Waals surface area contributed by atoms with Crippen LogP contribution in [0.15, 0.2) is 18.2 Å². The molecule has 18 heavy (non-hydrogen) atoms. The van der Waals surface area contributed by atoms with E-state index in [4.69, 9.17) is 4.74 Å². The van der Waals surface area contributed by atoms with E-state index in [2.05, 4.69) is 36.9 Å². The van der Waals surface area contributed by atoms with Crippen LogP contribution in [0, 0.1) is 0 Å². The molecule has 1 aromatic carbocycles. The summed E-state index contributed by atoms with van der Waals surface area (Å²) in [6, 6.07) is 7.72. The molecule has 2 heterocycles. The second-order valence-corrected chi connectivity index (χ2v) is 5.92. The predicted octanol–water partition coefficient (Wildman–Crippen LogP) is 2.96. The predicted molar refractivity (Wildman–Crippen MR) is 73.9 cm³/mol. The van der Waals surface area contributed by atoms with Crippen molar-refractivity contribution in [2.24, 2.45) is 0 Å². The van der Waals surface area contributed by atoms with Crippen LogP contribution in [0.1, 0.15) is 42.9 Å². The van der Waals surface area contributed by atoms with Gasteiger partial charge in [0, 0.05) is 25.7 Å². The molecule has 0 aliphatic carbocycles. The van der Waals surface area contributed by atoms with Crippen LogP contribution in [-0.4, -0.2) is 30.7 Å². The Morgan fingerprint density at radius 1 is 1.28 bits per heavy atom. The minimum atomic E-state index is 0.636. The summed E-state index contributed by atoms with van der Waals surface area (Å²) in [5, 5.41) is 0. The van der Waals surface area contributed by atoms with Gasteiger partial charge in [0.15, 0.2) is 0 Å². The minimum Gasteiger partial charge on any atom is -0.380 e. The number of fused-ring (bicyclic) bond motifs is 1. The summed E-state index contributed by atoms with van der Waals surface area (Å²) in [5.41, 5.74) is 4.57.